The van der Waals surface area contributed by atoms with Gasteiger partial charge in [-0.25, -0.2) is 14.4 Å². The Morgan fingerprint density at radius 2 is 1.55 bits per heavy atom. The molecule has 7 nitrogen and oxygen atoms in total. The molecule has 0 aliphatic carbocycles. The van der Waals surface area contributed by atoms with E-state index in [2.05, 4.69) is 14.9 Å². The number of ether oxygens (including phenoxy) is 1. The second-order valence-corrected chi connectivity index (χ2v) is 7.58. The summed E-state index contributed by atoms with van der Waals surface area (Å²) in [5.41, 5.74) is 2.29. The lowest BCUT2D eigenvalue weighted by molar-refractivity contribution is 0.517. The number of nitrogens with zero attached hydrogens (tertiary/aromatic N) is 6. The molecule has 2 aliphatic heterocycles. The number of hydrogen-bond donors (Lipinski definition) is 0. The van der Waals surface area contributed by atoms with Gasteiger partial charge in [-0.3, -0.25) is 0 Å². The molecule has 0 unspecified atom stereocenters. The number of hydrogen-bond acceptors (Lipinski definition) is 7. The monoisotopic (exact) mass is 418 g/mol. The van der Waals surface area contributed by atoms with Gasteiger partial charge in [0.05, 0.1) is 11.4 Å². The van der Waals surface area contributed by atoms with E-state index in [1.54, 1.807) is 11.1 Å². The fraction of sp³-hybridized carbons (Fsp3) is 0.261. The smallest absolute Gasteiger partial charge is 0.244 e. The minimum Gasteiger partial charge on any atom is -0.431 e. The number of piperazine rings is 1. The van der Waals surface area contributed by atoms with Crippen molar-refractivity contribution < 1.29 is 9.13 Å². The summed E-state index contributed by atoms with van der Waals surface area (Å²) in [6.07, 6.45) is 0. The largest absolute Gasteiger partial charge is 0.431 e. The number of fused-ring (bicyclic) bond motifs is 1. The first kappa shape index (κ1) is 19.3. The van der Waals surface area contributed by atoms with Crippen LogP contribution >= 0.6 is 0 Å². The highest BCUT2D eigenvalue weighted by Crippen LogP contribution is 2.34. The third kappa shape index (κ3) is 3.65. The molecule has 0 saturated carbocycles. The Balaban J connectivity index is 1.36. The molecular formula is C23H23FN6O. The molecule has 2 aromatic carbocycles. The van der Waals surface area contributed by atoms with Crippen LogP contribution < -0.4 is 19.5 Å². The van der Waals surface area contributed by atoms with Crippen LogP contribution in [-0.4, -0.2) is 49.1 Å². The molecule has 0 spiro atoms. The van der Waals surface area contributed by atoms with Crippen LogP contribution in [0.1, 0.15) is 11.3 Å². The lowest BCUT2D eigenvalue weighted by Gasteiger charge is -2.36. The van der Waals surface area contributed by atoms with Gasteiger partial charge < -0.3 is 14.5 Å². The molecule has 0 N–H and O–H groups in total. The van der Waals surface area contributed by atoms with Crippen molar-refractivity contribution in [3.63, 3.8) is 0 Å². The molecule has 3 aromatic rings. The lowest BCUT2D eigenvalue weighted by Crippen LogP contribution is -2.47. The van der Waals surface area contributed by atoms with Crippen molar-refractivity contribution in [2.24, 2.45) is 5.10 Å². The molecule has 0 bridgehead atoms. The summed E-state index contributed by atoms with van der Waals surface area (Å²) in [5.74, 6) is 2.22. The zero-order chi connectivity index (χ0) is 21.4. The summed E-state index contributed by atoms with van der Waals surface area (Å²) in [6.45, 7) is 4.72. The van der Waals surface area contributed by atoms with E-state index in [0.717, 1.165) is 11.3 Å². The molecular weight excluding hydrogens is 395 g/mol. The van der Waals surface area contributed by atoms with Crippen LogP contribution in [0.3, 0.4) is 0 Å². The Kier molecular flexibility index (Phi) is 4.89. The number of halogens is 1. The predicted octanol–water partition coefficient (Wildman–Crippen LogP) is 3.44. The van der Waals surface area contributed by atoms with E-state index in [4.69, 9.17) is 14.7 Å². The van der Waals surface area contributed by atoms with Crippen molar-refractivity contribution in [2.75, 3.05) is 48.0 Å². The van der Waals surface area contributed by atoms with Crippen LogP contribution in [-0.2, 0) is 0 Å². The normalized spacial score (nSPS) is 16.0. The highest BCUT2D eigenvalue weighted by Gasteiger charge is 2.27. The van der Waals surface area contributed by atoms with Crippen LogP contribution in [0.5, 0.6) is 5.75 Å². The maximum absolute atomic E-state index is 14.1. The first-order chi connectivity index (χ1) is 15.1. The highest BCUT2D eigenvalue weighted by molar-refractivity contribution is 5.98. The standard InChI is InChI=1S/C23H23FN6O/c1-16-20-21(28(2)27-22(31-20)17-8-4-3-5-9-17)26-23(25-16)30-14-12-29(13-15-30)19-11-7-6-10-18(19)24/h3-11H,12-15H2,1-2H3. The molecule has 3 heterocycles. The molecule has 31 heavy (non-hydrogen) atoms. The van der Waals surface area contributed by atoms with Crippen LogP contribution in [0.15, 0.2) is 59.7 Å². The SMILES string of the molecule is Cc1nc(N2CCN(c3ccccc3F)CC2)nc2c1OC(c1ccccc1)=NN2C. The lowest BCUT2D eigenvalue weighted by atomic mass is 10.2. The summed E-state index contributed by atoms with van der Waals surface area (Å²) < 4.78 is 20.2. The van der Waals surface area contributed by atoms with Gasteiger partial charge >= 0.3 is 0 Å². The summed E-state index contributed by atoms with van der Waals surface area (Å²) in [4.78, 5) is 13.6. The molecule has 0 amide bonds. The quantitative estimate of drug-likeness (QED) is 0.650. The Morgan fingerprint density at radius 1 is 0.871 bits per heavy atom. The van der Waals surface area contributed by atoms with Gasteiger partial charge in [0.2, 0.25) is 11.8 Å². The molecule has 158 valence electrons. The van der Waals surface area contributed by atoms with Gasteiger partial charge in [0.15, 0.2) is 11.6 Å². The Labute approximate surface area is 180 Å². The number of hydrazone groups is 1. The van der Waals surface area contributed by atoms with Crippen LogP contribution in [0.2, 0.25) is 0 Å². The van der Waals surface area contributed by atoms with E-state index in [1.807, 2.05) is 56.4 Å². The van der Waals surface area contributed by atoms with Gasteiger partial charge in [-0.05, 0) is 31.2 Å². The third-order valence-corrected chi connectivity index (χ3v) is 5.53. The topological polar surface area (TPSA) is 57.1 Å². The number of anilines is 3. The molecule has 8 heteroatoms. The third-order valence-electron chi connectivity index (χ3n) is 5.53. The maximum Gasteiger partial charge on any atom is 0.244 e. The van der Waals surface area contributed by atoms with E-state index in [-0.39, 0.29) is 5.82 Å². The zero-order valence-corrected chi connectivity index (χ0v) is 17.5. The van der Waals surface area contributed by atoms with Crippen molar-refractivity contribution in [1.82, 2.24) is 9.97 Å². The Hall–Kier alpha value is -3.68. The van der Waals surface area contributed by atoms with Gasteiger partial charge in [-0.1, -0.05) is 30.3 Å². The average molecular weight is 418 g/mol. The molecule has 0 radical (unpaired) electrons. The summed E-state index contributed by atoms with van der Waals surface area (Å²) in [6, 6.07) is 16.7. The van der Waals surface area contributed by atoms with Crippen molar-refractivity contribution in [3.8, 4) is 5.75 Å². The molecule has 2 aliphatic rings. The van der Waals surface area contributed by atoms with Crippen molar-refractivity contribution in [2.45, 2.75) is 6.92 Å². The second-order valence-electron chi connectivity index (χ2n) is 7.58. The zero-order valence-electron chi connectivity index (χ0n) is 17.5. The minimum atomic E-state index is -0.192. The van der Waals surface area contributed by atoms with Gasteiger partial charge in [0, 0.05) is 38.8 Å². The average Bonchev–Trinajstić information content (AvgIpc) is 2.80. The maximum atomic E-state index is 14.1. The first-order valence-electron chi connectivity index (χ1n) is 10.3. The van der Waals surface area contributed by atoms with Gasteiger partial charge in [0.1, 0.15) is 5.82 Å². The minimum absolute atomic E-state index is 0.192. The van der Waals surface area contributed by atoms with Crippen molar-refractivity contribution in [3.05, 3.63) is 71.7 Å². The van der Waals surface area contributed by atoms with Crippen LogP contribution in [0, 0.1) is 12.7 Å². The van der Waals surface area contributed by atoms with E-state index in [1.165, 1.54) is 6.07 Å². The Bertz CT molecular complexity index is 1130. The Morgan fingerprint density at radius 3 is 2.29 bits per heavy atom. The van der Waals surface area contributed by atoms with Crippen LogP contribution in [0.4, 0.5) is 21.8 Å². The van der Waals surface area contributed by atoms with E-state index in [9.17, 15) is 4.39 Å². The summed E-state index contributed by atoms with van der Waals surface area (Å²) >= 11 is 0. The van der Waals surface area contributed by atoms with Crippen LogP contribution in [0.25, 0.3) is 0 Å². The van der Waals surface area contributed by atoms with Gasteiger partial charge in [-0.2, -0.15) is 4.98 Å². The van der Waals surface area contributed by atoms with Gasteiger partial charge in [0.25, 0.3) is 0 Å². The summed E-state index contributed by atoms with van der Waals surface area (Å²) in [5, 5.41) is 6.28. The molecule has 1 aromatic heterocycles. The molecule has 5 rings (SSSR count). The second kappa shape index (κ2) is 7.86. The molecule has 0 atom stereocenters. The molecule has 1 fully saturated rings. The number of aryl methyl sites for hydroxylation is 1. The number of benzene rings is 2. The number of aromatic nitrogens is 2. The van der Waals surface area contributed by atoms with E-state index >= 15 is 0 Å². The number of para-hydroxylation sites is 1. The van der Waals surface area contributed by atoms with Crippen molar-refractivity contribution >= 4 is 23.4 Å². The predicted molar refractivity (Wildman–Crippen MR) is 120 cm³/mol. The van der Waals surface area contributed by atoms with E-state index in [0.29, 0.717) is 55.3 Å². The summed E-state index contributed by atoms with van der Waals surface area (Å²) in [7, 11) is 1.86. The molecule has 1 saturated heterocycles. The van der Waals surface area contributed by atoms with E-state index < -0.39 is 0 Å². The number of rotatable bonds is 3. The fourth-order valence-electron chi connectivity index (χ4n) is 3.87. The first-order valence-corrected chi connectivity index (χ1v) is 10.3. The fourth-order valence-corrected chi connectivity index (χ4v) is 3.87. The van der Waals surface area contributed by atoms with Crippen molar-refractivity contribution in [1.29, 1.82) is 0 Å². The van der Waals surface area contributed by atoms with Gasteiger partial charge in [-0.15, -0.1) is 5.10 Å². The highest BCUT2D eigenvalue weighted by atomic mass is 19.1.